The fourth-order valence-corrected chi connectivity index (χ4v) is 3.60. The van der Waals surface area contributed by atoms with Crippen molar-refractivity contribution in [2.24, 2.45) is 7.05 Å². The van der Waals surface area contributed by atoms with Gasteiger partial charge in [-0.2, -0.15) is 0 Å². The summed E-state index contributed by atoms with van der Waals surface area (Å²) >= 11 is 1.65. The van der Waals surface area contributed by atoms with Gasteiger partial charge in [-0.15, -0.1) is 11.3 Å². The monoisotopic (exact) mass is 297 g/mol. The van der Waals surface area contributed by atoms with Gasteiger partial charge in [-0.05, 0) is 25.1 Å². The van der Waals surface area contributed by atoms with Crippen LogP contribution >= 0.6 is 11.3 Å². The third-order valence-corrected chi connectivity index (χ3v) is 4.87. The van der Waals surface area contributed by atoms with Crippen LogP contribution < -0.4 is 4.74 Å². The number of hydrogen-bond acceptors (Lipinski definition) is 3. The first kappa shape index (κ1) is 12.5. The van der Waals surface area contributed by atoms with Crippen molar-refractivity contribution in [2.45, 2.75) is 6.92 Å². The Labute approximate surface area is 126 Å². The number of fused-ring (bicyclic) bond motifs is 2. The van der Waals surface area contributed by atoms with Crippen LogP contribution in [0.3, 0.4) is 0 Å². The van der Waals surface area contributed by atoms with E-state index < -0.39 is 0 Å². The summed E-state index contributed by atoms with van der Waals surface area (Å²) in [5, 5.41) is 3.26. The second-order valence-corrected chi connectivity index (χ2v) is 5.97. The molecule has 0 unspecified atom stereocenters. The summed E-state index contributed by atoms with van der Waals surface area (Å²) in [4.78, 5) is 5.51. The van der Waals surface area contributed by atoms with Gasteiger partial charge in [0.05, 0.1) is 19.0 Å². The van der Waals surface area contributed by atoms with Crippen molar-refractivity contribution in [3.8, 4) is 17.0 Å². The molecule has 0 aliphatic heterocycles. The molecule has 4 nitrogen and oxygen atoms in total. The van der Waals surface area contributed by atoms with Crippen molar-refractivity contribution in [2.75, 3.05) is 7.11 Å². The second-order valence-electron chi connectivity index (χ2n) is 5.10. The maximum absolute atomic E-state index is 5.39. The molecule has 1 aromatic carbocycles. The zero-order valence-corrected chi connectivity index (χ0v) is 12.9. The largest absolute Gasteiger partial charge is 0.497 e. The summed E-state index contributed by atoms with van der Waals surface area (Å²) in [7, 11) is 3.80. The molecule has 5 heteroatoms. The summed E-state index contributed by atoms with van der Waals surface area (Å²) in [6, 6.07) is 6.21. The summed E-state index contributed by atoms with van der Waals surface area (Å²) in [5.41, 5.74) is 4.78. The van der Waals surface area contributed by atoms with Crippen molar-refractivity contribution in [1.29, 1.82) is 0 Å². The van der Waals surface area contributed by atoms with Crippen molar-refractivity contribution in [1.82, 2.24) is 14.0 Å². The van der Waals surface area contributed by atoms with E-state index in [0.717, 1.165) is 16.4 Å². The quantitative estimate of drug-likeness (QED) is 0.562. The first-order valence-corrected chi connectivity index (χ1v) is 7.62. The lowest BCUT2D eigenvalue weighted by Crippen LogP contribution is -1.91. The van der Waals surface area contributed by atoms with E-state index in [-0.39, 0.29) is 0 Å². The Balaban J connectivity index is 2.12. The number of aromatic nitrogens is 3. The average Bonchev–Trinajstić information content (AvgIpc) is 3.15. The van der Waals surface area contributed by atoms with Crippen molar-refractivity contribution < 1.29 is 4.74 Å². The van der Waals surface area contributed by atoms with Crippen LogP contribution in [0.4, 0.5) is 0 Å². The van der Waals surface area contributed by atoms with Gasteiger partial charge >= 0.3 is 0 Å². The molecule has 106 valence electrons. The molecule has 0 atom stereocenters. The molecule has 3 aromatic heterocycles. The molecule has 0 bridgehead atoms. The molecule has 0 amide bonds. The molecule has 4 rings (SSSR count). The van der Waals surface area contributed by atoms with Gasteiger partial charge in [0.15, 0.2) is 4.96 Å². The van der Waals surface area contributed by atoms with Crippen molar-refractivity contribution in [3.05, 3.63) is 41.7 Å². The van der Waals surface area contributed by atoms with E-state index in [1.54, 1.807) is 18.4 Å². The lowest BCUT2D eigenvalue weighted by molar-refractivity contribution is 0.415. The van der Waals surface area contributed by atoms with Crippen LogP contribution in [0.5, 0.6) is 5.75 Å². The van der Waals surface area contributed by atoms with Gasteiger partial charge in [0.2, 0.25) is 0 Å². The third-order valence-electron chi connectivity index (χ3n) is 4.10. The molecule has 21 heavy (non-hydrogen) atoms. The SMILES string of the molecule is COc1ccc2c(c1)c(-c1cnc3sccn13)c(C)n2C. The van der Waals surface area contributed by atoms with Crippen LogP contribution in [-0.4, -0.2) is 21.1 Å². The Bertz CT molecular complexity index is 961. The number of aryl methyl sites for hydroxylation is 1. The maximum Gasteiger partial charge on any atom is 0.194 e. The predicted molar refractivity (Wildman–Crippen MR) is 86.3 cm³/mol. The van der Waals surface area contributed by atoms with E-state index >= 15 is 0 Å². The Morgan fingerprint density at radius 2 is 2.14 bits per heavy atom. The number of ether oxygens (including phenoxy) is 1. The lowest BCUT2D eigenvalue weighted by atomic mass is 10.1. The summed E-state index contributed by atoms with van der Waals surface area (Å²) < 4.78 is 9.75. The Morgan fingerprint density at radius 1 is 1.29 bits per heavy atom. The number of imidazole rings is 1. The Morgan fingerprint density at radius 3 is 2.95 bits per heavy atom. The van der Waals surface area contributed by atoms with Gasteiger partial charge in [0, 0.05) is 40.8 Å². The van der Waals surface area contributed by atoms with Gasteiger partial charge in [0.1, 0.15) is 5.75 Å². The smallest absolute Gasteiger partial charge is 0.194 e. The first-order chi connectivity index (χ1) is 10.2. The van der Waals surface area contributed by atoms with E-state index in [0.29, 0.717) is 0 Å². The molecule has 0 saturated carbocycles. The highest BCUT2D eigenvalue weighted by molar-refractivity contribution is 7.15. The van der Waals surface area contributed by atoms with E-state index in [9.17, 15) is 0 Å². The molecule has 0 aliphatic carbocycles. The molecular formula is C16H15N3OS. The number of hydrogen-bond donors (Lipinski definition) is 0. The number of benzene rings is 1. The minimum absolute atomic E-state index is 0.875. The zero-order chi connectivity index (χ0) is 14.6. The Kier molecular flexibility index (Phi) is 2.59. The van der Waals surface area contributed by atoms with Gasteiger partial charge in [-0.3, -0.25) is 4.40 Å². The zero-order valence-electron chi connectivity index (χ0n) is 12.1. The standard InChI is InChI=1S/C16H15N3OS/c1-10-15(14-9-17-16-19(14)6-7-21-16)12-8-11(20-3)4-5-13(12)18(10)2/h4-9H,1-3H3. The highest BCUT2D eigenvalue weighted by atomic mass is 32.1. The van der Waals surface area contributed by atoms with Crippen molar-refractivity contribution >= 4 is 27.2 Å². The fraction of sp³-hybridized carbons (Fsp3) is 0.188. The maximum atomic E-state index is 5.39. The van der Waals surface area contributed by atoms with Gasteiger partial charge in [-0.25, -0.2) is 4.98 Å². The lowest BCUT2D eigenvalue weighted by Gasteiger charge is -2.02. The summed E-state index contributed by atoms with van der Waals surface area (Å²) in [6.07, 6.45) is 4.02. The van der Waals surface area contributed by atoms with Crippen molar-refractivity contribution in [3.63, 3.8) is 0 Å². The molecule has 0 saturated heterocycles. The number of methoxy groups -OCH3 is 1. The number of nitrogens with zero attached hydrogens (tertiary/aromatic N) is 3. The molecule has 0 aliphatic rings. The highest BCUT2D eigenvalue weighted by Gasteiger charge is 2.17. The molecule has 3 heterocycles. The third kappa shape index (κ3) is 1.64. The van der Waals surface area contributed by atoms with Gasteiger partial charge in [-0.1, -0.05) is 0 Å². The highest BCUT2D eigenvalue weighted by Crippen LogP contribution is 2.36. The molecule has 0 radical (unpaired) electrons. The topological polar surface area (TPSA) is 31.5 Å². The molecule has 0 N–H and O–H groups in total. The average molecular weight is 297 g/mol. The van der Waals surface area contributed by atoms with E-state index in [4.69, 9.17) is 4.74 Å². The van der Waals surface area contributed by atoms with Crippen LogP contribution in [0, 0.1) is 6.92 Å². The Hall–Kier alpha value is -2.27. The molecule has 4 aromatic rings. The molecular weight excluding hydrogens is 282 g/mol. The van der Waals surface area contributed by atoms with Crippen LogP contribution in [0.1, 0.15) is 5.69 Å². The normalized spacial score (nSPS) is 11.6. The van der Waals surface area contributed by atoms with Crippen LogP contribution in [0.25, 0.3) is 27.1 Å². The summed E-state index contributed by atoms with van der Waals surface area (Å²) in [6.45, 7) is 2.15. The fourth-order valence-electron chi connectivity index (χ4n) is 2.91. The molecule has 0 fully saturated rings. The minimum Gasteiger partial charge on any atom is -0.497 e. The van der Waals surface area contributed by atoms with Gasteiger partial charge < -0.3 is 9.30 Å². The molecule has 0 spiro atoms. The predicted octanol–water partition coefficient (Wildman–Crippen LogP) is 3.87. The van der Waals surface area contributed by atoms with E-state index in [1.165, 1.54) is 22.2 Å². The first-order valence-electron chi connectivity index (χ1n) is 6.74. The minimum atomic E-state index is 0.875. The van der Waals surface area contributed by atoms with E-state index in [2.05, 4.69) is 51.6 Å². The van der Waals surface area contributed by atoms with Crippen LogP contribution in [0.15, 0.2) is 36.0 Å². The summed E-state index contributed by atoms with van der Waals surface area (Å²) in [5.74, 6) is 0.875. The van der Waals surface area contributed by atoms with Gasteiger partial charge in [0.25, 0.3) is 0 Å². The second kappa shape index (κ2) is 4.36. The van der Waals surface area contributed by atoms with Crippen LogP contribution in [0.2, 0.25) is 0 Å². The van der Waals surface area contributed by atoms with E-state index in [1.807, 2.05) is 12.3 Å². The van der Waals surface area contributed by atoms with Crippen LogP contribution in [-0.2, 0) is 7.05 Å². The number of thiazole rings is 1. The number of rotatable bonds is 2.